The lowest BCUT2D eigenvalue weighted by Gasteiger charge is -2.15. The Balaban J connectivity index is 2.36. The molecule has 0 heterocycles. The molecular formula is C15H13BrClNO3. The summed E-state index contributed by atoms with van der Waals surface area (Å²) in [5.41, 5.74) is 0.964. The highest BCUT2D eigenvalue weighted by atomic mass is 79.9. The van der Waals surface area contributed by atoms with E-state index in [1.165, 1.54) is 18.2 Å². The predicted molar refractivity (Wildman–Crippen MR) is 86.4 cm³/mol. The molecule has 21 heavy (non-hydrogen) atoms. The van der Waals surface area contributed by atoms with Crippen molar-refractivity contribution in [2.45, 2.75) is 19.8 Å². The molecule has 0 saturated carbocycles. The van der Waals surface area contributed by atoms with E-state index < -0.39 is 4.92 Å². The predicted octanol–water partition coefficient (Wildman–Crippen LogP) is 5.93. The maximum absolute atomic E-state index is 10.7. The smallest absolute Gasteiger partial charge is 0.271 e. The highest BCUT2D eigenvalue weighted by Crippen LogP contribution is 2.36. The Morgan fingerprint density at radius 2 is 1.86 bits per heavy atom. The topological polar surface area (TPSA) is 52.4 Å². The Kier molecular flexibility index (Phi) is 4.85. The van der Waals surface area contributed by atoms with Crippen molar-refractivity contribution in [1.82, 2.24) is 0 Å². The van der Waals surface area contributed by atoms with Gasteiger partial charge in [0.2, 0.25) is 0 Å². The van der Waals surface area contributed by atoms with Gasteiger partial charge in [-0.1, -0.05) is 41.4 Å². The number of non-ortho nitro benzene ring substituents is 1. The summed E-state index contributed by atoms with van der Waals surface area (Å²) in [5.74, 6) is 1.35. The van der Waals surface area contributed by atoms with Gasteiger partial charge in [0.05, 0.1) is 9.95 Å². The fraction of sp³-hybridized carbons (Fsp3) is 0.200. The van der Waals surface area contributed by atoms with E-state index in [0.29, 0.717) is 11.5 Å². The third-order valence-corrected chi connectivity index (χ3v) is 3.73. The third-order valence-electron chi connectivity index (χ3n) is 2.94. The van der Waals surface area contributed by atoms with Crippen LogP contribution in [0.2, 0.25) is 5.02 Å². The average molecular weight is 371 g/mol. The zero-order valence-electron chi connectivity index (χ0n) is 11.5. The van der Waals surface area contributed by atoms with Crippen molar-refractivity contribution in [3.8, 4) is 11.5 Å². The van der Waals surface area contributed by atoms with E-state index in [0.717, 1.165) is 10.0 Å². The molecular weight excluding hydrogens is 358 g/mol. The summed E-state index contributed by atoms with van der Waals surface area (Å²) >= 11 is 9.48. The number of nitrogens with zero attached hydrogens (tertiary/aromatic N) is 1. The molecule has 0 N–H and O–H groups in total. The summed E-state index contributed by atoms with van der Waals surface area (Å²) in [6.45, 7) is 4.12. The molecule has 0 aliphatic carbocycles. The molecule has 6 heteroatoms. The SMILES string of the molecule is CC(C)c1cc(Br)ccc1Oc1ccc([N+](=O)[O-])cc1Cl. The Labute approximate surface area is 136 Å². The first-order chi connectivity index (χ1) is 9.88. The molecule has 0 atom stereocenters. The first-order valence-electron chi connectivity index (χ1n) is 6.29. The average Bonchev–Trinajstić information content (AvgIpc) is 2.42. The molecule has 0 aromatic heterocycles. The lowest BCUT2D eigenvalue weighted by atomic mass is 10.0. The van der Waals surface area contributed by atoms with Crippen LogP contribution in [0.5, 0.6) is 11.5 Å². The minimum absolute atomic E-state index is 0.0627. The Morgan fingerprint density at radius 1 is 1.19 bits per heavy atom. The third kappa shape index (κ3) is 3.74. The van der Waals surface area contributed by atoms with Crippen molar-refractivity contribution >= 4 is 33.2 Å². The van der Waals surface area contributed by atoms with E-state index in [4.69, 9.17) is 16.3 Å². The lowest BCUT2D eigenvalue weighted by Crippen LogP contribution is -1.95. The normalized spacial score (nSPS) is 10.7. The Hall–Kier alpha value is -1.59. The van der Waals surface area contributed by atoms with E-state index in [9.17, 15) is 10.1 Å². The van der Waals surface area contributed by atoms with Crippen molar-refractivity contribution in [2.24, 2.45) is 0 Å². The Morgan fingerprint density at radius 3 is 2.43 bits per heavy atom. The van der Waals surface area contributed by atoms with Crippen LogP contribution in [0.1, 0.15) is 25.3 Å². The van der Waals surface area contributed by atoms with Crippen LogP contribution in [-0.4, -0.2) is 4.92 Å². The number of hydrogen-bond acceptors (Lipinski definition) is 3. The van der Waals surface area contributed by atoms with E-state index in [1.54, 1.807) is 0 Å². The van der Waals surface area contributed by atoms with Gasteiger partial charge in [0, 0.05) is 16.6 Å². The van der Waals surface area contributed by atoms with Crippen LogP contribution in [0.3, 0.4) is 0 Å². The van der Waals surface area contributed by atoms with Gasteiger partial charge in [-0.25, -0.2) is 0 Å². The van der Waals surface area contributed by atoms with Gasteiger partial charge in [-0.15, -0.1) is 0 Å². The van der Waals surface area contributed by atoms with Crippen molar-refractivity contribution in [2.75, 3.05) is 0 Å². The van der Waals surface area contributed by atoms with Gasteiger partial charge in [0.25, 0.3) is 5.69 Å². The van der Waals surface area contributed by atoms with Gasteiger partial charge in [0.15, 0.2) is 0 Å². The number of benzene rings is 2. The van der Waals surface area contributed by atoms with Gasteiger partial charge in [-0.2, -0.15) is 0 Å². The van der Waals surface area contributed by atoms with Crippen LogP contribution < -0.4 is 4.74 Å². The van der Waals surface area contributed by atoms with Crippen molar-refractivity contribution < 1.29 is 9.66 Å². The lowest BCUT2D eigenvalue weighted by molar-refractivity contribution is -0.384. The number of nitro groups is 1. The molecule has 0 bridgehead atoms. The zero-order valence-corrected chi connectivity index (χ0v) is 13.8. The van der Waals surface area contributed by atoms with Crippen LogP contribution in [0.15, 0.2) is 40.9 Å². The van der Waals surface area contributed by atoms with Gasteiger partial charge < -0.3 is 4.74 Å². The van der Waals surface area contributed by atoms with Crippen molar-refractivity contribution in [3.05, 3.63) is 61.6 Å². The molecule has 0 amide bonds. The van der Waals surface area contributed by atoms with E-state index in [1.807, 2.05) is 18.2 Å². The van der Waals surface area contributed by atoms with Gasteiger partial charge in [0.1, 0.15) is 11.5 Å². The summed E-state index contributed by atoms with van der Waals surface area (Å²) in [6, 6.07) is 9.86. The molecule has 4 nitrogen and oxygen atoms in total. The highest BCUT2D eigenvalue weighted by Gasteiger charge is 2.14. The summed E-state index contributed by atoms with van der Waals surface area (Å²) in [4.78, 5) is 10.2. The van der Waals surface area contributed by atoms with E-state index in [-0.39, 0.29) is 16.6 Å². The number of ether oxygens (including phenoxy) is 1. The van der Waals surface area contributed by atoms with Crippen molar-refractivity contribution in [3.63, 3.8) is 0 Å². The number of rotatable bonds is 4. The van der Waals surface area contributed by atoms with Crippen LogP contribution >= 0.6 is 27.5 Å². The maximum atomic E-state index is 10.7. The first-order valence-corrected chi connectivity index (χ1v) is 7.47. The number of halogens is 2. The Bertz CT molecular complexity index is 689. The maximum Gasteiger partial charge on any atom is 0.271 e. The fourth-order valence-electron chi connectivity index (χ4n) is 1.87. The van der Waals surface area contributed by atoms with E-state index in [2.05, 4.69) is 29.8 Å². The van der Waals surface area contributed by atoms with E-state index >= 15 is 0 Å². The summed E-state index contributed by atoms with van der Waals surface area (Å²) < 4.78 is 6.78. The second-order valence-electron chi connectivity index (χ2n) is 4.81. The molecule has 2 aromatic rings. The van der Waals surface area contributed by atoms with Crippen LogP contribution in [-0.2, 0) is 0 Å². The number of hydrogen-bond donors (Lipinski definition) is 0. The van der Waals surface area contributed by atoms with Crippen LogP contribution in [0.4, 0.5) is 5.69 Å². The molecule has 0 spiro atoms. The highest BCUT2D eigenvalue weighted by molar-refractivity contribution is 9.10. The van der Waals surface area contributed by atoms with Gasteiger partial charge in [-0.05, 0) is 35.7 Å². The molecule has 2 rings (SSSR count). The first kappa shape index (κ1) is 15.8. The van der Waals surface area contributed by atoms with Crippen LogP contribution in [0.25, 0.3) is 0 Å². The molecule has 0 saturated heterocycles. The second kappa shape index (κ2) is 6.45. The second-order valence-corrected chi connectivity index (χ2v) is 6.13. The summed E-state index contributed by atoms with van der Waals surface area (Å²) in [5, 5.41) is 10.9. The standard InChI is InChI=1S/C15H13BrClNO3/c1-9(2)12-7-10(16)3-5-14(12)21-15-6-4-11(18(19)20)8-13(15)17/h3-9H,1-2H3. The number of nitro benzene ring substituents is 1. The quantitative estimate of drug-likeness (QED) is 0.495. The zero-order chi connectivity index (χ0) is 15.6. The minimum atomic E-state index is -0.491. The van der Waals surface area contributed by atoms with Gasteiger partial charge in [-0.3, -0.25) is 10.1 Å². The monoisotopic (exact) mass is 369 g/mol. The molecule has 2 aromatic carbocycles. The molecule has 0 aliphatic rings. The molecule has 110 valence electrons. The molecule has 0 fully saturated rings. The summed E-state index contributed by atoms with van der Waals surface area (Å²) in [6.07, 6.45) is 0. The van der Waals surface area contributed by atoms with Crippen LogP contribution in [0, 0.1) is 10.1 Å². The molecule has 0 aliphatic heterocycles. The van der Waals surface area contributed by atoms with Crippen molar-refractivity contribution in [1.29, 1.82) is 0 Å². The molecule has 0 unspecified atom stereocenters. The summed E-state index contributed by atoms with van der Waals surface area (Å²) in [7, 11) is 0. The largest absolute Gasteiger partial charge is 0.455 e. The fourth-order valence-corrected chi connectivity index (χ4v) is 2.46. The minimum Gasteiger partial charge on any atom is -0.455 e. The molecule has 0 radical (unpaired) electrons. The van der Waals surface area contributed by atoms with Gasteiger partial charge >= 0.3 is 0 Å².